The van der Waals surface area contributed by atoms with Crippen LogP contribution in [0.25, 0.3) is 16.6 Å². The fraction of sp³-hybridized carbons (Fsp3) is 0. The lowest BCUT2D eigenvalue weighted by Crippen LogP contribution is -2.16. The van der Waals surface area contributed by atoms with E-state index in [1.807, 2.05) is 77.4 Å². The van der Waals surface area contributed by atoms with Gasteiger partial charge in [0.2, 0.25) is 5.95 Å². The van der Waals surface area contributed by atoms with E-state index in [2.05, 4.69) is 31.4 Å². The number of halogens is 1. The molecule has 27 heavy (non-hydrogen) atoms. The molecule has 4 aromatic rings. The third kappa shape index (κ3) is 3.66. The molecule has 1 aromatic heterocycles. The topological polar surface area (TPSA) is 59.3 Å². The molecule has 0 amide bonds. The summed E-state index contributed by atoms with van der Waals surface area (Å²) < 4.78 is 2.85. The smallest absolute Gasteiger partial charge is 0.279 e. The van der Waals surface area contributed by atoms with Crippen molar-refractivity contribution in [1.29, 1.82) is 0 Å². The molecule has 0 unspecified atom stereocenters. The minimum absolute atomic E-state index is 0.294. The predicted molar refractivity (Wildman–Crippen MR) is 113 cm³/mol. The molecule has 0 radical (unpaired) electrons. The Labute approximate surface area is 164 Å². The Bertz CT molecular complexity index is 1190. The maximum atomic E-state index is 12.4. The summed E-state index contributed by atoms with van der Waals surface area (Å²) in [5.74, 6) is 0.358. The van der Waals surface area contributed by atoms with Gasteiger partial charge in [0.05, 0.1) is 17.1 Å². The van der Waals surface area contributed by atoms with E-state index in [9.17, 15) is 4.79 Å². The van der Waals surface area contributed by atoms with E-state index in [0.29, 0.717) is 11.3 Å². The zero-order chi connectivity index (χ0) is 18.6. The number of para-hydroxylation sites is 2. The fourth-order valence-corrected chi connectivity index (χ4v) is 3.25. The Balaban J connectivity index is 1.81. The van der Waals surface area contributed by atoms with Crippen LogP contribution in [0.1, 0.15) is 5.56 Å². The summed E-state index contributed by atoms with van der Waals surface area (Å²) >= 11 is 3.44. The van der Waals surface area contributed by atoms with Crippen LogP contribution in [0.2, 0.25) is 0 Å². The van der Waals surface area contributed by atoms with Crippen molar-refractivity contribution in [3.63, 3.8) is 0 Å². The minimum atomic E-state index is -0.294. The zero-order valence-corrected chi connectivity index (χ0v) is 15.8. The highest BCUT2D eigenvalue weighted by Gasteiger charge is 2.11. The molecule has 1 N–H and O–H groups in total. The van der Waals surface area contributed by atoms with Gasteiger partial charge in [-0.3, -0.25) is 9.36 Å². The molecule has 1 heterocycles. The molecular formula is C21H15BrN4O. The quantitative estimate of drug-likeness (QED) is 0.389. The third-order valence-corrected chi connectivity index (χ3v) is 4.53. The van der Waals surface area contributed by atoms with Gasteiger partial charge in [-0.25, -0.2) is 5.43 Å². The normalized spacial score (nSPS) is 11.1. The van der Waals surface area contributed by atoms with Gasteiger partial charge in [-0.05, 0) is 42.0 Å². The van der Waals surface area contributed by atoms with Crippen molar-refractivity contribution >= 4 is 39.0 Å². The van der Waals surface area contributed by atoms with Gasteiger partial charge < -0.3 is 0 Å². The molecule has 4 rings (SSSR count). The molecule has 0 saturated carbocycles. The molecule has 132 valence electrons. The zero-order valence-electron chi connectivity index (χ0n) is 14.2. The SMILES string of the molecule is O=c1nc(N/N=C\c2cccc(Br)c2)n(-c2ccccc2)c2ccccc12. The highest BCUT2D eigenvalue weighted by Crippen LogP contribution is 2.20. The van der Waals surface area contributed by atoms with Gasteiger partial charge >= 0.3 is 0 Å². The van der Waals surface area contributed by atoms with Crippen LogP contribution in [0.3, 0.4) is 0 Å². The second-order valence-corrected chi connectivity index (χ2v) is 6.77. The number of nitrogens with zero attached hydrogens (tertiary/aromatic N) is 3. The monoisotopic (exact) mass is 418 g/mol. The van der Waals surface area contributed by atoms with Crippen molar-refractivity contribution in [1.82, 2.24) is 9.55 Å². The Kier molecular flexibility index (Phi) is 4.80. The Hall–Kier alpha value is -3.25. The molecule has 0 aliphatic carbocycles. The number of hydrogen-bond donors (Lipinski definition) is 1. The van der Waals surface area contributed by atoms with Gasteiger partial charge in [0.25, 0.3) is 5.56 Å². The summed E-state index contributed by atoms with van der Waals surface area (Å²) in [5, 5.41) is 4.83. The second-order valence-electron chi connectivity index (χ2n) is 5.85. The summed E-state index contributed by atoms with van der Waals surface area (Å²) in [6, 6.07) is 24.9. The average molecular weight is 419 g/mol. The number of anilines is 1. The highest BCUT2D eigenvalue weighted by atomic mass is 79.9. The van der Waals surface area contributed by atoms with E-state index < -0.39 is 0 Å². The standard InChI is InChI=1S/C21H15BrN4O/c22-16-8-6-7-15(13-16)14-23-25-21-24-20(27)18-11-4-5-12-19(18)26(21)17-9-2-1-3-10-17/h1-14H,(H,24,25,27)/b23-14-. The molecule has 0 bridgehead atoms. The highest BCUT2D eigenvalue weighted by molar-refractivity contribution is 9.10. The van der Waals surface area contributed by atoms with Gasteiger partial charge in [0.15, 0.2) is 0 Å². The van der Waals surface area contributed by atoms with Crippen LogP contribution in [-0.4, -0.2) is 15.8 Å². The number of nitrogens with one attached hydrogen (secondary N) is 1. The average Bonchev–Trinajstić information content (AvgIpc) is 2.69. The van der Waals surface area contributed by atoms with Crippen LogP contribution in [-0.2, 0) is 0 Å². The van der Waals surface area contributed by atoms with Crippen LogP contribution in [0.4, 0.5) is 5.95 Å². The molecule has 0 saturated heterocycles. The van der Waals surface area contributed by atoms with Crippen LogP contribution in [0, 0.1) is 0 Å². The third-order valence-electron chi connectivity index (χ3n) is 4.04. The van der Waals surface area contributed by atoms with Crippen molar-refractivity contribution in [2.24, 2.45) is 5.10 Å². The first-order chi connectivity index (χ1) is 13.2. The molecule has 0 fully saturated rings. The van der Waals surface area contributed by atoms with Gasteiger partial charge in [-0.2, -0.15) is 10.1 Å². The fourth-order valence-electron chi connectivity index (χ4n) is 2.83. The van der Waals surface area contributed by atoms with E-state index in [0.717, 1.165) is 21.2 Å². The first-order valence-electron chi connectivity index (χ1n) is 8.34. The van der Waals surface area contributed by atoms with Crippen molar-refractivity contribution < 1.29 is 0 Å². The minimum Gasteiger partial charge on any atom is -0.279 e. The number of rotatable bonds is 4. The summed E-state index contributed by atoms with van der Waals surface area (Å²) in [7, 11) is 0. The van der Waals surface area contributed by atoms with E-state index in [-0.39, 0.29) is 5.56 Å². The molecular weight excluding hydrogens is 404 g/mol. The van der Waals surface area contributed by atoms with Crippen molar-refractivity contribution in [3.8, 4) is 5.69 Å². The number of benzene rings is 3. The lowest BCUT2D eigenvalue weighted by Gasteiger charge is -2.15. The van der Waals surface area contributed by atoms with Crippen LogP contribution < -0.4 is 11.0 Å². The van der Waals surface area contributed by atoms with Crippen molar-refractivity contribution in [2.75, 3.05) is 5.43 Å². The van der Waals surface area contributed by atoms with Crippen LogP contribution >= 0.6 is 15.9 Å². The molecule has 5 nitrogen and oxygen atoms in total. The Morgan fingerprint density at radius 1 is 0.963 bits per heavy atom. The second kappa shape index (κ2) is 7.55. The lowest BCUT2D eigenvalue weighted by molar-refractivity contribution is 1.00. The first-order valence-corrected chi connectivity index (χ1v) is 9.13. The molecule has 0 spiro atoms. The first kappa shape index (κ1) is 17.2. The largest absolute Gasteiger partial charge is 0.282 e. The lowest BCUT2D eigenvalue weighted by atomic mass is 10.2. The summed E-state index contributed by atoms with van der Waals surface area (Å²) in [6.07, 6.45) is 1.68. The number of hydrogen-bond acceptors (Lipinski definition) is 4. The van der Waals surface area contributed by atoms with E-state index in [4.69, 9.17) is 0 Å². The molecule has 0 aliphatic rings. The molecule has 0 atom stereocenters. The van der Waals surface area contributed by atoms with Gasteiger partial charge in [0, 0.05) is 10.2 Å². The number of hydrazone groups is 1. The van der Waals surface area contributed by atoms with Gasteiger partial charge in [-0.1, -0.05) is 58.4 Å². The van der Waals surface area contributed by atoms with Crippen LogP contribution in [0.5, 0.6) is 0 Å². The van der Waals surface area contributed by atoms with E-state index >= 15 is 0 Å². The molecule has 3 aromatic carbocycles. The van der Waals surface area contributed by atoms with Crippen LogP contribution in [0.15, 0.2) is 93.2 Å². The maximum absolute atomic E-state index is 12.4. The molecule has 0 aliphatic heterocycles. The Morgan fingerprint density at radius 3 is 2.56 bits per heavy atom. The molecule has 6 heteroatoms. The van der Waals surface area contributed by atoms with Gasteiger partial charge in [0.1, 0.15) is 0 Å². The van der Waals surface area contributed by atoms with Crippen molar-refractivity contribution in [2.45, 2.75) is 0 Å². The number of aromatic nitrogens is 2. The van der Waals surface area contributed by atoms with Crippen molar-refractivity contribution in [3.05, 3.63) is 99.3 Å². The van der Waals surface area contributed by atoms with Gasteiger partial charge in [-0.15, -0.1) is 0 Å². The predicted octanol–water partition coefficient (Wildman–Crippen LogP) is 4.59. The summed E-state index contributed by atoms with van der Waals surface area (Å²) in [5.41, 5.74) is 5.21. The Morgan fingerprint density at radius 2 is 1.74 bits per heavy atom. The summed E-state index contributed by atoms with van der Waals surface area (Å²) in [6.45, 7) is 0. The van der Waals surface area contributed by atoms with E-state index in [1.54, 1.807) is 12.3 Å². The number of fused-ring (bicyclic) bond motifs is 1. The van der Waals surface area contributed by atoms with E-state index in [1.165, 1.54) is 0 Å². The summed E-state index contributed by atoms with van der Waals surface area (Å²) in [4.78, 5) is 16.6. The maximum Gasteiger partial charge on any atom is 0.282 e.